The summed E-state index contributed by atoms with van der Waals surface area (Å²) in [6.07, 6.45) is 0. The third-order valence-electron chi connectivity index (χ3n) is 12.2. The van der Waals surface area contributed by atoms with E-state index in [1.165, 1.54) is 54.3 Å². The number of rotatable bonds is 2. The third-order valence-corrected chi connectivity index (χ3v) is 12.2. The second-order valence-electron chi connectivity index (χ2n) is 14.9. The SMILES string of the molecule is c1ccc2c(c1)ccc1c3c4c5ccccc5n(-c5nc(-n6c7ccccc7c7ccccc76)c6oc7ccccc7c6n5)c4cc4c5ccccc5n(c21)c43. The minimum absolute atomic E-state index is 0.596. The maximum Gasteiger partial charge on any atom is 0.237 e. The van der Waals surface area contributed by atoms with Crippen LogP contribution in [-0.2, 0) is 0 Å². The van der Waals surface area contributed by atoms with Crippen LogP contribution in [0.15, 0.2) is 168 Å². The van der Waals surface area contributed by atoms with Crippen molar-refractivity contribution in [3.63, 3.8) is 0 Å². The number of benzene rings is 8. The highest BCUT2D eigenvalue weighted by Gasteiger charge is 2.27. The first kappa shape index (κ1) is 28.8. The lowest BCUT2D eigenvalue weighted by molar-refractivity contribution is 0.661. The lowest BCUT2D eigenvalue weighted by atomic mass is 10.0. The van der Waals surface area contributed by atoms with Crippen molar-refractivity contribution < 1.29 is 4.42 Å². The van der Waals surface area contributed by atoms with Crippen LogP contribution in [0.1, 0.15) is 0 Å². The standard InChI is InChI=1S/C50H27N5O/c1-2-14-29-28(13-1)25-26-35-44-43-33-18-6-11-23-40(33)54(41(43)27-36-32-17-5-10-22-39(32)55(46(29)35)47(36)44)50-51-45-34-19-7-12-24-42(34)56-48(45)49(52-50)53-37-20-8-3-15-30(37)31-16-4-9-21-38(31)53/h1-27H. The zero-order valence-electron chi connectivity index (χ0n) is 29.7. The summed E-state index contributed by atoms with van der Waals surface area (Å²) in [6, 6.07) is 58.5. The van der Waals surface area contributed by atoms with Crippen LogP contribution in [0.2, 0.25) is 0 Å². The fourth-order valence-electron chi connectivity index (χ4n) is 9.95. The molecule has 6 heteroatoms. The predicted octanol–water partition coefficient (Wildman–Crippen LogP) is 12.9. The lowest BCUT2D eigenvalue weighted by Crippen LogP contribution is -2.06. The molecule has 0 N–H and O–H groups in total. The molecular weight excluding hydrogens is 687 g/mol. The molecule has 0 spiro atoms. The minimum atomic E-state index is 0.596. The molecule has 0 aliphatic rings. The monoisotopic (exact) mass is 713 g/mol. The van der Waals surface area contributed by atoms with Crippen LogP contribution in [-0.4, -0.2) is 23.5 Å². The van der Waals surface area contributed by atoms with Crippen LogP contribution in [0, 0.1) is 0 Å². The van der Waals surface area contributed by atoms with Gasteiger partial charge in [-0.1, -0.05) is 121 Å². The van der Waals surface area contributed by atoms with E-state index in [-0.39, 0.29) is 0 Å². The summed E-state index contributed by atoms with van der Waals surface area (Å²) in [6.45, 7) is 0. The zero-order valence-corrected chi connectivity index (χ0v) is 29.7. The molecule has 0 atom stereocenters. The molecule has 14 aromatic rings. The summed E-state index contributed by atoms with van der Waals surface area (Å²) in [4.78, 5) is 11.0. The highest BCUT2D eigenvalue weighted by Crippen LogP contribution is 2.48. The number of para-hydroxylation sites is 5. The first-order valence-electron chi connectivity index (χ1n) is 19.0. The first-order valence-corrected chi connectivity index (χ1v) is 19.0. The van der Waals surface area contributed by atoms with Gasteiger partial charge in [0.25, 0.3) is 0 Å². The van der Waals surface area contributed by atoms with Crippen LogP contribution < -0.4 is 0 Å². The normalized spacial score (nSPS) is 12.6. The molecule has 0 amide bonds. The van der Waals surface area contributed by atoms with E-state index in [2.05, 4.69) is 165 Å². The molecule has 0 saturated heterocycles. The summed E-state index contributed by atoms with van der Waals surface area (Å²) < 4.78 is 13.7. The quantitative estimate of drug-likeness (QED) is 0.179. The molecule has 6 aromatic heterocycles. The first-order chi connectivity index (χ1) is 27.8. The van der Waals surface area contributed by atoms with Crippen molar-refractivity contribution in [2.24, 2.45) is 0 Å². The fraction of sp³-hybridized carbons (Fsp3) is 0. The van der Waals surface area contributed by atoms with Gasteiger partial charge in [0.15, 0.2) is 11.4 Å². The Kier molecular flexibility index (Phi) is 5.18. The largest absolute Gasteiger partial charge is 0.450 e. The van der Waals surface area contributed by atoms with Gasteiger partial charge in [-0.3, -0.25) is 9.13 Å². The molecule has 0 radical (unpaired) electrons. The highest BCUT2D eigenvalue weighted by atomic mass is 16.3. The Morgan fingerprint density at radius 3 is 1.73 bits per heavy atom. The maximum absolute atomic E-state index is 6.71. The Morgan fingerprint density at radius 1 is 0.393 bits per heavy atom. The molecule has 6 nitrogen and oxygen atoms in total. The molecule has 14 rings (SSSR count). The van der Waals surface area contributed by atoms with Gasteiger partial charge >= 0.3 is 0 Å². The van der Waals surface area contributed by atoms with Crippen molar-refractivity contribution in [1.82, 2.24) is 23.5 Å². The molecule has 0 saturated carbocycles. The highest BCUT2D eigenvalue weighted by molar-refractivity contribution is 6.37. The third kappa shape index (κ3) is 3.39. The van der Waals surface area contributed by atoms with E-state index in [0.29, 0.717) is 17.3 Å². The fourth-order valence-corrected chi connectivity index (χ4v) is 9.95. The van der Waals surface area contributed by atoms with E-state index in [1.54, 1.807) is 0 Å². The van der Waals surface area contributed by atoms with Crippen LogP contribution in [0.4, 0.5) is 0 Å². The van der Waals surface area contributed by atoms with E-state index < -0.39 is 0 Å². The van der Waals surface area contributed by atoms with E-state index in [4.69, 9.17) is 14.4 Å². The molecule has 0 aliphatic heterocycles. The van der Waals surface area contributed by atoms with Gasteiger partial charge in [0.1, 0.15) is 11.1 Å². The molecule has 0 fully saturated rings. The Hall–Kier alpha value is -7.70. The van der Waals surface area contributed by atoms with Gasteiger partial charge in [-0.05, 0) is 47.9 Å². The number of hydrogen-bond acceptors (Lipinski definition) is 3. The van der Waals surface area contributed by atoms with Crippen molar-refractivity contribution in [3.8, 4) is 11.8 Å². The van der Waals surface area contributed by atoms with Crippen LogP contribution in [0.5, 0.6) is 0 Å². The van der Waals surface area contributed by atoms with Crippen molar-refractivity contribution in [3.05, 3.63) is 164 Å². The molecule has 56 heavy (non-hydrogen) atoms. The van der Waals surface area contributed by atoms with Crippen LogP contribution in [0.3, 0.4) is 0 Å². The van der Waals surface area contributed by atoms with E-state index in [0.717, 1.165) is 54.7 Å². The van der Waals surface area contributed by atoms with Crippen molar-refractivity contribution in [2.45, 2.75) is 0 Å². The summed E-state index contributed by atoms with van der Waals surface area (Å²) in [5, 5.41) is 13.1. The van der Waals surface area contributed by atoms with Gasteiger partial charge in [-0.15, -0.1) is 0 Å². The van der Waals surface area contributed by atoms with E-state index >= 15 is 0 Å². The molecule has 0 bridgehead atoms. The van der Waals surface area contributed by atoms with Gasteiger partial charge in [0, 0.05) is 53.9 Å². The summed E-state index contributed by atoms with van der Waals surface area (Å²) in [5.41, 5.74) is 10.2. The number of aromatic nitrogens is 5. The summed E-state index contributed by atoms with van der Waals surface area (Å²) in [7, 11) is 0. The van der Waals surface area contributed by atoms with Crippen molar-refractivity contribution >= 4 is 115 Å². The van der Waals surface area contributed by atoms with Gasteiger partial charge in [0.2, 0.25) is 5.95 Å². The van der Waals surface area contributed by atoms with E-state index in [1.807, 2.05) is 12.1 Å². The van der Waals surface area contributed by atoms with Gasteiger partial charge in [-0.25, -0.2) is 4.98 Å². The Balaban J connectivity index is 1.21. The van der Waals surface area contributed by atoms with Gasteiger partial charge in [0.05, 0.1) is 38.6 Å². The predicted molar refractivity (Wildman–Crippen MR) is 230 cm³/mol. The molecule has 6 heterocycles. The average molecular weight is 714 g/mol. The van der Waals surface area contributed by atoms with Crippen molar-refractivity contribution in [1.29, 1.82) is 0 Å². The molecule has 258 valence electrons. The van der Waals surface area contributed by atoms with Crippen molar-refractivity contribution in [2.75, 3.05) is 0 Å². The molecule has 8 aromatic carbocycles. The molecule has 0 aliphatic carbocycles. The Morgan fingerprint density at radius 2 is 0.982 bits per heavy atom. The minimum Gasteiger partial charge on any atom is -0.450 e. The van der Waals surface area contributed by atoms with Gasteiger partial charge in [-0.2, -0.15) is 4.98 Å². The Labute approximate surface area is 317 Å². The topological polar surface area (TPSA) is 53.2 Å². The van der Waals surface area contributed by atoms with Gasteiger partial charge < -0.3 is 8.82 Å². The lowest BCUT2D eigenvalue weighted by Gasteiger charge is -2.12. The second-order valence-corrected chi connectivity index (χ2v) is 14.9. The van der Waals surface area contributed by atoms with Crippen LogP contribution in [0.25, 0.3) is 126 Å². The Bertz CT molecular complexity index is 3960. The smallest absolute Gasteiger partial charge is 0.237 e. The maximum atomic E-state index is 6.71. The number of fused-ring (bicyclic) bond motifs is 18. The molecular formula is C50H27N5O. The number of furan rings is 1. The second kappa shape index (κ2) is 10.1. The van der Waals surface area contributed by atoms with Crippen LogP contribution >= 0.6 is 0 Å². The summed E-state index contributed by atoms with van der Waals surface area (Å²) in [5.74, 6) is 1.31. The zero-order chi connectivity index (χ0) is 36.2. The average Bonchev–Trinajstić information content (AvgIpc) is 4.05. The van der Waals surface area contributed by atoms with E-state index in [9.17, 15) is 0 Å². The number of hydrogen-bond donors (Lipinski definition) is 0. The molecule has 0 unspecified atom stereocenters. The number of nitrogens with zero attached hydrogens (tertiary/aromatic N) is 5. The summed E-state index contributed by atoms with van der Waals surface area (Å²) >= 11 is 0.